The minimum absolute atomic E-state index is 0.520. The average molecular weight is 207 g/mol. The van der Waals surface area contributed by atoms with Crippen LogP contribution in [0.4, 0.5) is 13.2 Å². The van der Waals surface area contributed by atoms with Crippen molar-refractivity contribution in [3.05, 3.63) is 18.2 Å². The largest absolute Gasteiger partial charge is 0.406 e. The lowest BCUT2D eigenvalue weighted by Crippen LogP contribution is -2.16. The predicted octanol–water partition coefficient (Wildman–Crippen LogP) is 1.34. The highest BCUT2D eigenvalue weighted by atomic mass is 19.4. The third-order valence-corrected chi connectivity index (χ3v) is 1.69. The molecule has 0 spiro atoms. The highest BCUT2D eigenvalue weighted by Crippen LogP contribution is 2.17. The summed E-state index contributed by atoms with van der Waals surface area (Å²) < 4.78 is 36.8. The summed E-state index contributed by atoms with van der Waals surface area (Å²) in [7, 11) is 0. The van der Waals surface area contributed by atoms with Crippen molar-refractivity contribution in [3.8, 4) is 0 Å². The minimum Gasteiger partial charge on any atom is -0.330 e. The first-order valence-corrected chi connectivity index (χ1v) is 4.29. The first kappa shape index (κ1) is 11.0. The molecule has 0 aromatic carbocycles. The second kappa shape index (κ2) is 4.45. The maximum absolute atomic E-state index is 11.9. The Morgan fingerprint density at radius 2 is 2.14 bits per heavy atom. The van der Waals surface area contributed by atoms with Gasteiger partial charge in [0.2, 0.25) is 0 Å². The predicted molar refractivity (Wildman–Crippen MR) is 45.7 cm³/mol. The van der Waals surface area contributed by atoms with Gasteiger partial charge in [-0.1, -0.05) is 0 Å². The van der Waals surface area contributed by atoms with Crippen LogP contribution in [0.3, 0.4) is 0 Å². The summed E-state index contributed by atoms with van der Waals surface area (Å²) in [6, 6.07) is 0. The van der Waals surface area contributed by atoms with E-state index in [4.69, 9.17) is 5.73 Å². The highest BCUT2D eigenvalue weighted by Gasteiger charge is 2.27. The lowest BCUT2D eigenvalue weighted by atomic mass is 10.2. The van der Waals surface area contributed by atoms with Crippen LogP contribution in [-0.2, 0) is 13.0 Å². The molecule has 0 aliphatic carbocycles. The number of alkyl halides is 3. The van der Waals surface area contributed by atoms with Gasteiger partial charge < -0.3 is 10.3 Å². The van der Waals surface area contributed by atoms with Gasteiger partial charge in [0.15, 0.2) is 0 Å². The highest BCUT2D eigenvalue weighted by molar-refractivity contribution is 4.97. The molecule has 0 fully saturated rings. The Morgan fingerprint density at radius 3 is 2.71 bits per heavy atom. The van der Waals surface area contributed by atoms with Gasteiger partial charge in [0.05, 0.1) is 12.0 Å². The molecule has 0 saturated carbocycles. The first-order valence-electron chi connectivity index (χ1n) is 4.29. The Bertz CT molecular complexity index is 280. The maximum Gasteiger partial charge on any atom is 0.406 e. The molecule has 0 saturated heterocycles. The summed E-state index contributed by atoms with van der Waals surface area (Å²) in [5, 5.41) is 0. The Labute approximate surface area is 79.7 Å². The van der Waals surface area contributed by atoms with Gasteiger partial charge in [-0.15, -0.1) is 0 Å². The van der Waals surface area contributed by atoms with E-state index < -0.39 is 12.7 Å². The molecule has 0 aliphatic rings. The Hall–Kier alpha value is -1.04. The molecular weight excluding hydrogens is 195 g/mol. The molecule has 1 heterocycles. The van der Waals surface area contributed by atoms with Crippen molar-refractivity contribution in [3.63, 3.8) is 0 Å². The summed E-state index contributed by atoms with van der Waals surface area (Å²) in [6.45, 7) is -0.464. The second-order valence-corrected chi connectivity index (χ2v) is 3.04. The van der Waals surface area contributed by atoms with Crippen molar-refractivity contribution < 1.29 is 13.2 Å². The van der Waals surface area contributed by atoms with Gasteiger partial charge in [0, 0.05) is 6.20 Å². The van der Waals surface area contributed by atoms with Crippen LogP contribution in [-0.4, -0.2) is 22.3 Å². The number of nitrogens with two attached hydrogens (primary N) is 1. The van der Waals surface area contributed by atoms with Crippen LogP contribution in [0.15, 0.2) is 12.5 Å². The molecule has 80 valence electrons. The topological polar surface area (TPSA) is 43.8 Å². The molecule has 1 rings (SSSR count). The summed E-state index contributed by atoms with van der Waals surface area (Å²) in [4.78, 5) is 3.85. The molecule has 0 bridgehead atoms. The van der Waals surface area contributed by atoms with E-state index in [2.05, 4.69) is 4.98 Å². The fourth-order valence-corrected chi connectivity index (χ4v) is 1.11. The molecule has 1 aromatic heterocycles. The van der Waals surface area contributed by atoms with Crippen LogP contribution in [0.2, 0.25) is 0 Å². The Balaban J connectivity index is 2.51. The number of aromatic nitrogens is 2. The number of nitrogens with zero attached hydrogens (tertiary/aromatic N) is 2. The zero-order chi connectivity index (χ0) is 10.6. The molecule has 0 unspecified atom stereocenters. The van der Waals surface area contributed by atoms with E-state index in [1.54, 1.807) is 0 Å². The Morgan fingerprint density at radius 1 is 1.43 bits per heavy atom. The molecule has 2 N–H and O–H groups in total. The van der Waals surface area contributed by atoms with Crippen molar-refractivity contribution in [2.75, 3.05) is 6.54 Å². The summed E-state index contributed by atoms with van der Waals surface area (Å²) in [5.74, 6) is 0. The van der Waals surface area contributed by atoms with E-state index in [1.165, 1.54) is 12.5 Å². The van der Waals surface area contributed by atoms with E-state index in [1.807, 2.05) is 0 Å². The third-order valence-electron chi connectivity index (χ3n) is 1.69. The van der Waals surface area contributed by atoms with Gasteiger partial charge >= 0.3 is 6.18 Å². The van der Waals surface area contributed by atoms with Crippen LogP contribution in [0.5, 0.6) is 0 Å². The van der Waals surface area contributed by atoms with Gasteiger partial charge in [-0.2, -0.15) is 13.2 Å². The summed E-state index contributed by atoms with van der Waals surface area (Å²) >= 11 is 0. The molecule has 6 heteroatoms. The lowest BCUT2D eigenvalue weighted by Gasteiger charge is -2.05. The molecule has 0 amide bonds. The van der Waals surface area contributed by atoms with Gasteiger partial charge in [-0.25, -0.2) is 4.98 Å². The zero-order valence-electron chi connectivity index (χ0n) is 7.59. The molecular formula is C8H12F3N3. The Kier molecular flexibility index (Phi) is 3.51. The van der Waals surface area contributed by atoms with Gasteiger partial charge in [0.1, 0.15) is 6.54 Å². The first-order chi connectivity index (χ1) is 6.51. The van der Waals surface area contributed by atoms with Crippen molar-refractivity contribution >= 4 is 0 Å². The smallest absolute Gasteiger partial charge is 0.330 e. The number of hydrogen-bond donors (Lipinski definition) is 1. The molecule has 0 atom stereocenters. The fourth-order valence-electron chi connectivity index (χ4n) is 1.11. The van der Waals surface area contributed by atoms with Crippen LogP contribution in [0, 0.1) is 0 Å². The summed E-state index contributed by atoms with van der Waals surface area (Å²) in [5.41, 5.74) is 5.92. The van der Waals surface area contributed by atoms with Gasteiger partial charge in [-0.3, -0.25) is 0 Å². The van der Waals surface area contributed by atoms with Crippen LogP contribution in [0.25, 0.3) is 0 Å². The van der Waals surface area contributed by atoms with Gasteiger partial charge in [0.25, 0.3) is 0 Å². The van der Waals surface area contributed by atoms with E-state index in [9.17, 15) is 13.2 Å². The van der Waals surface area contributed by atoms with Crippen LogP contribution in [0.1, 0.15) is 12.1 Å². The number of aryl methyl sites for hydroxylation is 1. The molecule has 3 nitrogen and oxygen atoms in total. The molecule has 14 heavy (non-hydrogen) atoms. The molecule has 0 radical (unpaired) electrons. The minimum atomic E-state index is -4.19. The standard InChI is InChI=1S/C8H12F3N3/c9-8(10,11)5-14-4-7(13-6-14)2-1-3-12/h4,6H,1-3,5,12H2. The normalized spacial score (nSPS) is 12.0. The van der Waals surface area contributed by atoms with Gasteiger partial charge in [-0.05, 0) is 19.4 Å². The monoisotopic (exact) mass is 207 g/mol. The zero-order valence-corrected chi connectivity index (χ0v) is 7.59. The molecule has 1 aromatic rings. The lowest BCUT2D eigenvalue weighted by molar-refractivity contribution is -0.140. The quantitative estimate of drug-likeness (QED) is 0.809. The van der Waals surface area contributed by atoms with E-state index in [0.29, 0.717) is 18.7 Å². The van der Waals surface area contributed by atoms with Crippen molar-refractivity contribution in [2.24, 2.45) is 5.73 Å². The van der Waals surface area contributed by atoms with E-state index >= 15 is 0 Å². The van der Waals surface area contributed by atoms with Crippen LogP contribution >= 0.6 is 0 Å². The number of rotatable bonds is 4. The van der Waals surface area contributed by atoms with Crippen molar-refractivity contribution in [1.29, 1.82) is 0 Å². The second-order valence-electron chi connectivity index (χ2n) is 3.04. The molecule has 0 aliphatic heterocycles. The van der Waals surface area contributed by atoms with Crippen LogP contribution < -0.4 is 5.73 Å². The third kappa shape index (κ3) is 3.78. The number of imidazole rings is 1. The maximum atomic E-state index is 11.9. The number of halogens is 3. The van der Waals surface area contributed by atoms with Crippen molar-refractivity contribution in [2.45, 2.75) is 25.6 Å². The van der Waals surface area contributed by atoms with Crippen molar-refractivity contribution in [1.82, 2.24) is 9.55 Å². The van der Waals surface area contributed by atoms with E-state index in [0.717, 1.165) is 11.0 Å². The SMILES string of the molecule is NCCCc1cn(CC(F)(F)F)cn1. The fraction of sp³-hybridized carbons (Fsp3) is 0.625. The number of hydrogen-bond acceptors (Lipinski definition) is 2. The summed E-state index contributed by atoms with van der Waals surface area (Å²) in [6.07, 6.45) is -0.223. The average Bonchev–Trinajstić information content (AvgIpc) is 2.46. The van der Waals surface area contributed by atoms with E-state index in [-0.39, 0.29) is 0 Å².